The molecule has 1 aliphatic heterocycles. The second-order valence-corrected chi connectivity index (χ2v) is 6.17. The zero-order valence-corrected chi connectivity index (χ0v) is 11.9. The average molecular weight is 299 g/mol. The molecule has 7 nitrogen and oxygen atoms in total. The van der Waals surface area contributed by atoms with Crippen molar-refractivity contribution in [2.75, 3.05) is 25.5 Å². The summed E-state index contributed by atoms with van der Waals surface area (Å²) in [4.78, 5) is 11.2. The molecular weight excluding hydrogens is 282 g/mol. The third kappa shape index (κ3) is 3.69. The molecule has 1 aromatic rings. The first-order valence-corrected chi connectivity index (χ1v) is 7.67. The first kappa shape index (κ1) is 14.8. The van der Waals surface area contributed by atoms with Gasteiger partial charge in [-0.2, -0.15) is 0 Å². The van der Waals surface area contributed by atoms with Crippen LogP contribution in [0.1, 0.15) is 6.42 Å². The molecule has 0 spiro atoms. The van der Waals surface area contributed by atoms with E-state index in [4.69, 9.17) is 0 Å². The van der Waals surface area contributed by atoms with Crippen molar-refractivity contribution >= 4 is 21.8 Å². The van der Waals surface area contributed by atoms with Gasteiger partial charge in [0.1, 0.15) is 0 Å². The van der Waals surface area contributed by atoms with Crippen molar-refractivity contribution in [3.63, 3.8) is 0 Å². The van der Waals surface area contributed by atoms with E-state index >= 15 is 0 Å². The number of carbonyl (C=O) groups is 1. The molecule has 8 heteroatoms. The van der Waals surface area contributed by atoms with Crippen molar-refractivity contribution in [3.8, 4) is 0 Å². The molecule has 0 bridgehead atoms. The fourth-order valence-electron chi connectivity index (χ4n) is 1.93. The summed E-state index contributed by atoms with van der Waals surface area (Å²) in [6.07, 6.45) is 0.178. The van der Waals surface area contributed by atoms with Gasteiger partial charge in [0.25, 0.3) is 0 Å². The van der Waals surface area contributed by atoms with Gasteiger partial charge < -0.3 is 10.1 Å². The predicted octanol–water partition coefficient (Wildman–Crippen LogP) is 0.505. The molecule has 1 atom stereocenters. The van der Waals surface area contributed by atoms with Crippen LogP contribution in [0.4, 0.5) is 10.5 Å². The fourth-order valence-corrected chi connectivity index (χ4v) is 3.20. The number of methoxy groups -OCH3 is 1. The van der Waals surface area contributed by atoms with Gasteiger partial charge >= 0.3 is 6.09 Å². The number of sulfonamides is 1. The first-order chi connectivity index (χ1) is 9.51. The van der Waals surface area contributed by atoms with Crippen molar-refractivity contribution in [2.24, 2.45) is 0 Å². The molecule has 110 valence electrons. The second kappa shape index (κ2) is 6.21. The van der Waals surface area contributed by atoms with E-state index in [1.54, 1.807) is 0 Å². The smallest absolute Gasteiger partial charge is 0.411 e. The van der Waals surface area contributed by atoms with Crippen LogP contribution in [0.5, 0.6) is 0 Å². The van der Waals surface area contributed by atoms with Crippen LogP contribution < -0.4 is 15.4 Å². The molecule has 0 saturated carbocycles. The standard InChI is InChI=1S/C12H17N3O4S/c1-19-12(16)14-9-2-4-11(5-3-9)20(17,18)15-10-6-7-13-8-10/h2-5,10,13,15H,6-8H2,1H3,(H,14,16)/t10-/m0/s1. The number of amides is 1. The average Bonchev–Trinajstić information content (AvgIpc) is 2.91. The molecule has 1 heterocycles. The van der Waals surface area contributed by atoms with Crippen LogP contribution in [0.3, 0.4) is 0 Å². The minimum atomic E-state index is -3.53. The molecule has 3 N–H and O–H groups in total. The van der Waals surface area contributed by atoms with Gasteiger partial charge in [0, 0.05) is 18.3 Å². The van der Waals surface area contributed by atoms with Gasteiger partial charge in [-0.1, -0.05) is 0 Å². The van der Waals surface area contributed by atoms with Crippen molar-refractivity contribution in [1.29, 1.82) is 0 Å². The van der Waals surface area contributed by atoms with Crippen LogP contribution in [0.15, 0.2) is 29.2 Å². The van der Waals surface area contributed by atoms with E-state index in [-0.39, 0.29) is 10.9 Å². The lowest BCUT2D eigenvalue weighted by atomic mass is 10.3. The third-order valence-electron chi connectivity index (χ3n) is 2.98. The zero-order chi connectivity index (χ0) is 14.6. The quantitative estimate of drug-likeness (QED) is 0.752. The summed E-state index contributed by atoms with van der Waals surface area (Å²) in [7, 11) is -2.27. The summed E-state index contributed by atoms with van der Waals surface area (Å²) in [5, 5.41) is 5.55. The van der Waals surface area contributed by atoms with Crippen molar-refractivity contribution in [3.05, 3.63) is 24.3 Å². The predicted molar refractivity (Wildman–Crippen MR) is 74.1 cm³/mol. The Bertz CT molecular complexity index is 565. The van der Waals surface area contributed by atoms with Crippen LogP contribution in [0, 0.1) is 0 Å². The lowest BCUT2D eigenvalue weighted by Crippen LogP contribution is -2.36. The second-order valence-electron chi connectivity index (χ2n) is 4.45. The van der Waals surface area contributed by atoms with E-state index in [0.717, 1.165) is 13.0 Å². The highest BCUT2D eigenvalue weighted by Gasteiger charge is 2.22. The van der Waals surface area contributed by atoms with Crippen molar-refractivity contribution in [1.82, 2.24) is 10.0 Å². The summed E-state index contributed by atoms with van der Waals surface area (Å²) >= 11 is 0. The number of carbonyl (C=O) groups excluding carboxylic acids is 1. The molecule has 1 fully saturated rings. The number of anilines is 1. The van der Waals surface area contributed by atoms with Crippen molar-refractivity contribution in [2.45, 2.75) is 17.4 Å². The van der Waals surface area contributed by atoms with Crippen LogP contribution in [-0.2, 0) is 14.8 Å². The largest absolute Gasteiger partial charge is 0.453 e. The summed E-state index contributed by atoms with van der Waals surface area (Å²) in [5.74, 6) is 0. The van der Waals surface area contributed by atoms with Gasteiger partial charge in [0.05, 0.1) is 12.0 Å². The number of ether oxygens (including phenoxy) is 1. The molecule has 1 saturated heterocycles. The van der Waals surface area contributed by atoms with Crippen LogP contribution >= 0.6 is 0 Å². The minimum Gasteiger partial charge on any atom is -0.453 e. The third-order valence-corrected chi connectivity index (χ3v) is 4.51. The Hall–Kier alpha value is -1.64. The van der Waals surface area contributed by atoms with Crippen LogP contribution in [-0.4, -0.2) is 40.8 Å². The Morgan fingerprint density at radius 2 is 2.05 bits per heavy atom. The number of nitrogens with one attached hydrogen (secondary N) is 3. The maximum Gasteiger partial charge on any atom is 0.411 e. The van der Waals surface area contributed by atoms with E-state index in [9.17, 15) is 13.2 Å². The Morgan fingerprint density at radius 1 is 1.35 bits per heavy atom. The minimum absolute atomic E-state index is 0.0760. The number of rotatable bonds is 4. The maximum absolute atomic E-state index is 12.1. The van der Waals surface area contributed by atoms with E-state index in [0.29, 0.717) is 12.2 Å². The van der Waals surface area contributed by atoms with Gasteiger partial charge in [-0.25, -0.2) is 17.9 Å². The van der Waals surface area contributed by atoms with Crippen LogP contribution in [0.2, 0.25) is 0 Å². The van der Waals surface area contributed by atoms with Gasteiger partial charge in [0.15, 0.2) is 0 Å². The summed E-state index contributed by atoms with van der Waals surface area (Å²) in [5.41, 5.74) is 0.471. The molecule has 0 radical (unpaired) electrons. The summed E-state index contributed by atoms with van der Waals surface area (Å²) < 4.78 is 31.3. The zero-order valence-electron chi connectivity index (χ0n) is 11.0. The van der Waals surface area contributed by atoms with Gasteiger partial charge in [-0.05, 0) is 37.2 Å². The van der Waals surface area contributed by atoms with Gasteiger partial charge in [0.2, 0.25) is 10.0 Å². The Kier molecular flexibility index (Phi) is 4.58. The summed E-state index contributed by atoms with van der Waals surface area (Å²) in [6.45, 7) is 1.45. The van der Waals surface area contributed by atoms with Crippen LogP contribution in [0.25, 0.3) is 0 Å². The lowest BCUT2D eigenvalue weighted by molar-refractivity contribution is 0.187. The monoisotopic (exact) mass is 299 g/mol. The molecule has 1 aromatic carbocycles. The normalized spacial score (nSPS) is 18.8. The van der Waals surface area contributed by atoms with Crippen molar-refractivity contribution < 1.29 is 17.9 Å². The first-order valence-electron chi connectivity index (χ1n) is 6.19. The van der Waals surface area contributed by atoms with E-state index < -0.39 is 16.1 Å². The molecule has 20 heavy (non-hydrogen) atoms. The molecular formula is C12H17N3O4S. The molecule has 0 aromatic heterocycles. The molecule has 1 amide bonds. The van der Waals surface area contributed by atoms with E-state index in [1.807, 2.05) is 0 Å². The molecule has 0 aliphatic carbocycles. The molecule has 2 rings (SSSR count). The lowest BCUT2D eigenvalue weighted by Gasteiger charge is -2.12. The topological polar surface area (TPSA) is 96.5 Å². The SMILES string of the molecule is COC(=O)Nc1ccc(S(=O)(=O)N[C@H]2CCNC2)cc1. The van der Waals surface area contributed by atoms with E-state index in [1.165, 1.54) is 31.4 Å². The fraction of sp³-hybridized carbons (Fsp3) is 0.417. The number of hydrogen-bond donors (Lipinski definition) is 3. The molecule has 0 unspecified atom stereocenters. The highest BCUT2D eigenvalue weighted by molar-refractivity contribution is 7.89. The summed E-state index contributed by atoms with van der Waals surface area (Å²) in [6, 6.07) is 5.83. The Balaban J connectivity index is 2.06. The Labute approximate surface area is 117 Å². The molecule has 1 aliphatic rings. The van der Waals surface area contributed by atoms with E-state index in [2.05, 4.69) is 20.1 Å². The maximum atomic E-state index is 12.1. The van der Waals surface area contributed by atoms with Gasteiger partial charge in [-0.15, -0.1) is 0 Å². The number of benzene rings is 1. The Morgan fingerprint density at radius 3 is 2.60 bits per heavy atom. The highest BCUT2D eigenvalue weighted by atomic mass is 32.2. The van der Waals surface area contributed by atoms with Gasteiger partial charge in [-0.3, -0.25) is 5.32 Å². The number of hydrogen-bond acceptors (Lipinski definition) is 5. The highest BCUT2D eigenvalue weighted by Crippen LogP contribution is 2.15.